The number of nitrogens with one attached hydrogen (secondary N) is 3. The molecule has 2 fully saturated rings. The number of amides is 1. The number of ether oxygens (including phenoxy) is 2. The number of H-pyrrole nitrogens is 1. The predicted octanol–water partition coefficient (Wildman–Crippen LogP) is 2.78. The van der Waals surface area contributed by atoms with Crippen LogP contribution < -0.4 is 15.0 Å². The minimum absolute atomic E-state index is 0.102. The second-order valence-electron chi connectivity index (χ2n) is 10.4. The number of hydrogen-bond acceptors (Lipinski definition) is 4. The summed E-state index contributed by atoms with van der Waals surface area (Å²) in [5, 5.41) is 3.65. The normalized spacial score (nSPS) is 26.6. The van der Waals surface area contributed by atoms with Crippen molar-refractivity contribution in [2.45, 2.75) is 52.5 Å². The minimum atomic E-state index is -0.525. The molecule has 31 heavy (non-hydrogen) atoms. The molecule has 1 saturated carbocycles. The highest BCUT2D eigenvalue weighted by molar-refractivity contribution is 6.12. The van der Waals surface area contributed by atoms with Gasteiger partial charge in [-0.3, -0.25) is 4.79 Å². The zero-order chi connectivity index (χ0) is 22.4. The number of anilines is 1. The smallest absolute Gasteiger partial charge is 0.356 e. The summed E-state index contributed by atoms with van der Waals surface area (Å²) >= 11 is 0. The van der Waals surface area contributed by atoms with Gasteiger partial charge in [0, 0.05) is 18.3 Å². The third-order valence-electron chi connectivity index (χ3n) is 7.01. The molecule has 2 heterocycles. The Balaban J connectivity index is 1.51. The Labute approximate surface area is 183 Å². The standard InChI is InChI=1S/C24H33N3O4/c1-23(2)11-15-12-24(3,13-23)14-27(15)10-9-18(28)26-20-19-16(7-6-8-17(19)30-4)25-21(20)22(29)31-5/h6-8,15,25H,9-14H2,1-5H3,(H,26,28)/p+1/t15-,24-/m1/s1. The van der Waals surface area contributed by atoms with Crippen LogP contribution >= 0.6 is 0 Å². The van der Waals surface area contributed by atoms with E-state index in [-0.39, 0.29) is 11.6 Å². The van der Waals surface area contributed by atoms with Gasteiger partial charge in [-0.2, -0.15) is 0 Å². The first-order valence-electron chi connectivity index (χ1n) is 11.1. The van der Waals surface area contributed by atoms with Crippen molar-refractivity contribution in [1.82, 2.24) is 4.98 Å². The van der Waals surface area contributed by atoms with Crippen molar-refractivity contribution in [3.05, 3.63) is 23.9 Å². The van der Waals surface area contributed by atoms with Crippen LogP contribution in [0.15, 0.2) is 18.2 Å². The van der Waals surface area contributed by atoms with E-state index in [9.17, 15) is 9.59 Å². The average Bonchev–Trinajstić information content (AvgIpc) is 3.18. The average molecular weight is 429 g/mol. The van der Waals surface area contributed by atoms with E-state index in [0.29, 0.717) is 45.6 Å². The lowest BCUT2D eigenvalue weighted by atomic mass is 9.65. The van der Waals surface area contributed by atoms with E-state index < -0.39 is 5.97 Å². The molecule has 1 unspecified atom stereocenters. The summed E-state index contributed by atoms with van der Waals surface area (Å²) in [7, 11) is 2.90. The van der Waals surface area contributed by atoms with Crippen molar-refractivity contribution in [2.75, 3.05) is 32.6 Å². The maximum Gasteiger partial charge on any atom is 0.356 e. The number of esters is 1. The molecule has 1 aromatic heterocycles. The number of quaternary nitrogens is 1. The van der Waals surface area contributed by atoms with Gasteiger partial charge in [-0.25, -0.2) is 4.79 Å². The maximum absolute atomic E-state index is 12.9. The van der Waals surface area contributed by atoms with E-state index in [2.05, 4.69) is 31.1 Å². The van der Waals surface area contributed by atoms with Gasteiger partial charge in [-0.15, -0.1) is 0 Å². The van der Waals surface area contributed by atoms with E-state index in [1.165, 1.54) is 31.3 Å². The lowest BCUT2D eigenvalue weighted by Crippen LogP contribution is -3.14. The van der Waals surface area contributed by atoms with Crippen LogP contribution in [0.2, 0.25) is 0 Å². The number of methoxy groups -OCH3 is 2. The van der Waals surface area contributed by atoms with Gasteiger partial charge in [0.15, 0.2) is 0 Å². The minimum Gasteiger partial charge on any atom is -0.496 e. The van der Waals surface area contributed by atoms with Gasteiger partial charge in [0.1, 0.15) is 11.4 Å². The van der Waals surface area contributed by atoms with Crippen LogP contribution in [-0.2, 0) is 9.53 Å². The molecule has 3 atom stereocenters. The Bertz CT molecular complexity index is 1010. The molecule has 7 nitrogen and oxygen atoms in total. The molecule has 4 rings (SSSR count). The molecule has 1 aliphatic heterocycles. The SMILES string of the molecule is COC(=O)c1[nH]c2cccc(OC)c2c1NC(=O)CC[NH+]1C[C@]2(C)C[C@H]1CC(C)(C)C2. The fraction of sp³-hybridized carbons (Fsp3) is 0.583. The van der Waals surface area contributed by atoms with Gasteiger partial charge < -0.3 is 24.7 Å². The molecule has 168 valence electrons. The highest BCUT2D eigenvalue weighted by Gasteiger charge is 2.52. The van der Waals surface area contributed by atoms with Crippen LogP contribution in [0.5, 0.6) is 5.75 Å². The van der Waals surface area contributed by atoms with Gasteiger partial charge in [-0.1, -0.05) is 26.8 Å². The van der Waals surface area contributed by atoms with E-state index in [0.717, 1.165) is 13.1 Å². The van der Waals surface area contributed by atoms with E-state index in [1.807, 2.05) is 18.2 Å². The monoisotopic (exact) mass is 428 g/mol. The second-order valence-corrected chi connectivity index (χ2v) is 10.4. The molecule has 0 spiro atoms. The van der Waals surface area contributed by atoms with Crippen LogP contribution in [0.1, 0.15) is 56.9 Å². The summed E-state index contributed by atoms with van der Waals surface area (Å²) in [6.07, 6.45) is 4.12. The van der Waals surface area contributed by atoms with E-state index >= 15 is 0 Å². The highest BCUT2D eigenvalue weighted by Crippen LogP contribution is 2.47. The first-order valence-corrected chi connectivity index (χ1v) is 11.1. The third-order valence-corrected chi connectivity index (χ3v) is 7.01. The number of benzene rings is 1. The Morgan fingerprint density at radius 3 is 2.71 bits per heavy atom. The summed E-state index contributed by atoms with van der Waals surface area (Å²) < 4.78 is 10.4. The highest BCUT2D eigenvalue weighted by atomic mass is 16.5. The number of aromatic amines is 1. The fourth-order valence-electron chi connectivity index (χ4n) is 6.28. The molecule has 7 heteroatoms. The van der Waals surface area contributed by atoms with E-state index in [4.69, 9.17) is 9.47 Å². The lowest BCUT2D eigenvalue weighted by Gasteiger charge is -2.37. The molecule has 1 saturated heterocycles. The van der Waals surface area contributed by atoms with Crippen LogP contribution in [0.4, 0.5) is 5.69 Å². The van der Waals surface area contributed by atoms with Crippen molar-refractivity contribution < 1.29 is 24.0 Å². The molecule has 2 aromatic rings. The Morgan fingerprint density at radius 2 is 2.00 bits per heavy atom. The van der Waals surface area contributed by atoms with Crippen molar-refractivity contribution in [3.63, 3.8) is 0 Å². The first-order chi connectivity index (χ1) is 14.6. The second kappa shape index (κ2) is 7.86. The fourth-order valence-corrected chi connectivity index (χ4v) is 6.28. The molecule has 2 aliphatic rings. The quantitative estimate of drug-likeness (QED) is 0.618. The number of carbonyl (C=O) groups is 2. The predicted molar refractivity (Wildman–Crippen MR) is 120 cm³/mol. The molecular formula is C24H34N3O4+. The summed E-state index contributed by atoms with van der Waals surface area (Å²) in [6.45, 7) is 9.06. The van der Waals surface area contributed by atoms with Gasteiger partial charge in [0.05, 0.1) is 56.4 Å². The van der Waals surface area contributed by atoms with Gasteiger partial charge in [0.2, 0.25) is 5.91 Å². The number of aromatic nitrogens is 1. The number of rotatable bonds is 6. The summed E-state index contributed by atoms with van der Waals surface area (Å²) in [6, 6.07) is 6.11. The Morgan fingerprint density at radius 1 is 1.23 bits per heavy atom. The largest absolute Gasteiger partial charge is 0.496 e. The molecule has 1 aliphatic carbocycles. The molecule has 0 radical (unpaired) electrons. The Hall–Kier alpha value is -2.54. The molecule has 2 bridgehead atoms. The van der Waals surface area contributed by atoms with Crippen molar-refractivity contribution in [3.8, 4) is 5.75 Å². The lowest BCUT2D eigenvalue weighted by molar-refractivity contribution is -0.913. The molecule has 1 aromatic carbocycles. The van der Waals surface area contributed by atoms with Crippen molar-refractivity contribution in [2.24, 2.45) is 10.8 Å². The van der Waals surface area contributed by atoms with Crippen LogP contribution in [0.25, 0.3) is 10.9 Å². The zero-order valence-electron chi connectivity index (χ0n) is 19.2. The van der Waals surface area contributed by atoms with Gasteiger partial charge in [-0.05, 0) is 24.0 Å². The molecule has 3 N–H and O–H groups in total. The van der Waals surface area contributed by atoms with Crippen LogP contribution in [0, 0.1) is 10.8 Å². The topological polar surface area (TPSA) is 84.9 Å². The number of likely N-dealkylation sites (tertiary alicyclic amines) is 1. The van der Waals surface area contributed by atoms with Crippen LogP contribution in [-0.4, -0.2) is 50.2 Å². The number of carbonyl (C=O) groups excluding carboxylic acids is 2. The zero-order valence-corrected chi connectivity index (χ0v) is 19.2. The van der Waals surface area contributed by atoms with Crippen LogP contribution in [0.3, 0.4) is 0 Å². The third kappa shape index (κ3) is 4.15. The van der Waals surface area contributed by atoms with Crippen molar-refractivity contribution >= 4 is 28.5 Å². The van der Waals surface area contributed by atoms with E-state index in [1.54, 1.807) is 7.11 Å². The Kier molecular flexibility index (Phi) is 5.50. The molecule has 1 amide bonds. The maximum atomic E-state index is 12.9. The van der Waals surface area contributed by atoms with Crippen molar-refractivity contribution in [1.29, 1.82) is 0 Å². The number of fused-ring (bicyclic) bond motifs is 3. The van der Waals surface area contributed by atoms with Gasteiger partial charge >= 0.3 is 5.97 Å². The molecular weight excluding hydrogens is 394 g/mol. The summed E-state index contributed by atoms with van der Waals surface area (Å²) in [5.74, 6) is -0.0358. The number of hydrogen-bond donors (Lipinski definition) is 3. The first kappa shape index (κ1) is 21.7. The summed E-state index contributed by atoms with van der Waals surface area (Å²) in [4.78, 5) is 29.9. The summed E-state index contributed by atoms with van der Waals surface area (Å²) in [5.41, 5.74) is 2.11. The van der Waals surface area contributed by atoms with Gasteiger partial charge in [0.25, 0.3) is 0 Å².